The molecule has 1 aliphatic carbocycles. The molecule has 2 fully saturated rings. The third kappa shape index (κ3) is 5.58. The molecule has 1 aromatic rings. The first-order chi connectivity index (χ1) is 13.2. The lowest BCUT2D eigenvalue weighted by molar-refractivity contribution is -0.119. The van der Waals surface area contributed by atoms with Crippen molar-refractivity contribution in [2.45, 2.75) is 57.6 Å². The number of nitrogens with two attached hydrogens (primary N) is 1. The molecule has 0 radical (unpaired) electrons. The van der Waals surface area contributed by atoms with Crippen LogP contribution in [-0.2, 0) is 11.3 Å². The highest BCUT2D eigenvalue weighted by Gasteiger charge is 2.24. The molecule has 0 spiro atoms. The van der Waals surface area contributed by atoms with Gasteiger partial charge in [0.2, 0.25) is 11.8 Å². The van der Waals surface area contributed by atoms with Crippen molar-refractivity contribution in [2.75, 3.05) is 20.1 Å². The first-order valence-corrected chi connectivity index (χ1v) is 10.00. The molecule has 1 unspecified atom stereocenters. The van der Waals surface area contributed by atoms with Gasteiger partial charge in [0.05, 0.1) is 0 Å². The van der Waals surface area contributed by atoms with Gasteiger partial charge >= 0.3 is 0 Å². The smallest absolute Gasteiger partial charge is 0.218 e. The summed E-state index contributed by atoms with van der Waals surface area (Å²) in [4.78, 5) is 22.3. The third-order valence-corrected chi connectivity index (χ3v) is 5.39. The number of aliphatic imine (C=N–C) groups is 1. The highest BCUT2D eigenvalue weighted by Crippen LogP contribution is 2.25. The van der Waals surface area contributed by atoms with Crippen LogP contribution < -0.4 is 15.8 Å². The Bertz CT molecular complexity index is 658. The Balaban J connectivity index is 1.58. The van der Waals surface area contributed by atoms with Crippen LogP contribution in [0, 0.1) is 5.92 Å². The molecule has 1 aliphatic heterocycles. The summed E-state index contributed by atoms with van der Waals surface area (Å²) in [6.45, 7) is 2.36. The Kier molecular flexibility index (Phi) is 6.90. The third-order valence-electron chi connectivity index (χ3n) is 5.39. The zero-order chi connectivity index (χ0) is 19.1. The minimum atomic E-state index is -0.228. The highest BCUT2D eigenvalue weighted by molar-refractivity contribution is 5.80. The molecule has 1 amide bonds. The lowest BCUT2D eigenvalue weighted by Gasteiger charge is -2.34. The molecule has 1 saturated carbocycles. The monoisotopic (exact) mass is 373 g/mol. The summed E-state index contributed by atoms with van der Waals surface area (Å²) >= 11 is 0. The largest absolute Gasteiger partial charge is 0.474 e. The number of carbonyl (C=O) groups excluding carboxylic acids is 1. The van der Waals surface area contributed by atoms with Gasteiger partial charge in [-0.3, -0.25) is 9.79 Å². The first-order valence-electron chi connectivity index (χ1n) is 10.00. The second-order valence-electron chi connectivity index (χ2n) is 7.52. The van der Waals surface area contributed by atoms with Crippen molar-refractivity contribution in [3.63, 3.8) is 0 Å². The fourth-order valence-electron chi connectivity index (χ4n) is 4.04. The number of rotatable bonds is 6. The maximum atomic E-state index is 11.2. The number of pyridine rings is 1. The molecular formula is C20H31N5O2. The second kappa shape index (κ2) is 9.58. The Morgan fingerprint density at radius 1 is 1.37 bits per heavy atom. The normalized spacial score (nSPS) is 21.3. The predicted molar refractivity (Wildman–Crippen MR) is 105 cm³/mol. The Morgan fingerprint density at radius 3 is 2.93 bits per heavy atom. The van der Waals surface area contributed by atoms with Crippen LogP contribution in [0.2, 0.25) is 0 Å². The fraction of sp³-hybridized carbons (Fsp3) is 0.650. The number of aromatic nitrogens is 1. The molecule has 2 aliphatic rings. The quantitative estimate of drug-likeness (QED) is 0.588. The average molecular weight is 374 g/mol. The molecular weight excluding hydrogens is 342 g/mol. The maximum absolute atomic E-state index is 11.2. The van der Waals surface area contributed by atoms with Gasteiger partial charge in [-0.1, -0.05) is 6.07 Å². The van der Waals surface area contributed by atoms with Gasteiger partial charge in [-0.05, 0) is 50.5 Å². The van der Waals surface area contributed by atoms with Gasteiger partial charge in [-0.25, -0.2) is 4.98 Å². The minimum absolute atomic E-state index is 0.228. The number of hydrogen-bond donors (Lipinski definition) is 2. The number of piperidine rings is 1. The number of hydrogen-bond acceptors (Lipinski definition) is 4. The molecule has 7 heteroatoms. The maximum Gasteiger partial charge on any atom is 0.218 e. The van der Waals surface area contributed by atoms with Crippen LogP contribution in [0.5, 0.6) is 5.88 Å². The van der Waals surface area contributed by atoms with Crippen LogP contribution in [0.4, 0.5) is 0 Å². The van der Waals surface area contributed by atoms with E-state index in [2.05, 4.69) is 20.2 Å². The highest BCUT2D eigenvalue weighted by atomic mass is 16.5. The van der Waals surface area contributed by atoms with E-state index in [0.29, 0.717) is 18.9 Å². The van der Waals surface area contributed by atoms with Crippen molar-refractivity contribution in [1.82, 2.24) is 15.2 Å². The number of carbonyl (C=O) groups is 1. The summed E-state index contributed by atoms with van der Waals surface area (Å²) in [5.74, 6) is 1.64. The van der Waals surface area contributed by atoms with E-state index in [1.54, 1.807) is 13.2 Å². The van der Waals surface area contributed by atoms with Crippen molar-refractivity contribution in [3.8, 4) is 5.88 Å². The van der Waals surface area contributed by atoms with Crippen molar-refractivity contribution < 1.29 is 9.53 Å². The van der Waals surface area contributed by atoms with Gasteiger partial charge in [-0.15, -0.1) is 0 Å². The molecule has 0 bridgehead atoms. The van der Waals surface area contributed by atoms with Crippen LogP contribution >= 0.6 is 0 Å². The van der Waals surface area contributed by atoms with E-state index in [-0.39, 0.29) is 12.0 Å². The van der Waals surface area contributed by atoms with Crippen LogP contribution in [0.3, 0.4) is 0 Å². The van der Waals surface area contributed by atoms with Crippen LogP contribution in [0.25, 0.3) is 0 Å². The van der Waals surface area contributed by atoms with Gasteiger partial charge in [-0.2, -0.15) is 0 Å². The molecule has 3 N–H and O–H groups in total. The minimum Gasteiger partial charge on any atom is -0.474 e. The number of nitrogens with one attached hydrogen (secondary N) is 1. The molecule has 1 aromatic heterocycles. The molecule has 1 atom stereocenters. The number of ether oxygens (including phenoxy) is 1. The van der Waals surface area contributed by atoms with E-state index in [4.69, 9.17) is 10.5 Å². The van der Waals surface area contributed by atoms with Crippen molar-refractivity contribution >= 4 is 11.9 Å². The molecule has 3 rings (SSSR count). The lowest BCUT2D eigenvalue weighted by atomic mass is 9.95. The van der Waals surface area contributed by atoms with E-state index in [0.717, 1.165) is 56.2 Å². The fourth-order valence-corrected chi connectivity index (χ4v) is 4.04. The van der Waals surface area contributed by atoms with E-state index >= 15 is 0 Å². The molecule has 1 saturated heterocycles. The Hall–Kier alpha value is -2.31. The van der Waals surface area contributed by atoms with Gasteiger partial charge in [0.25, 0.3) is 0 Å². The van der Waals surface area contributed by atoms with Crippen molar-refractivity contribution in [2.24, 2.45) is 16.6 Å². The number of likely N-dealkylation sites (tertiary alicyclic amines) is 1. The zero-order valence-electron chi connectivity index (χ0n) is 16.2. The van der Waals surface area contributed by atoms with Crippen molar-refractivity contribution in [1.29, 1.82) is 0 Å². The van der Waals surface area contributed by atoms with Gasteiger partial charge in [0, 0.05) is 44.9 Å². The average Bonchev–Trinajstić information content (AvgIpc) is 3.16. The summed E-state index contributed by atoms with van der Waals surface area (Å²) in [7, 11) is 1.79. The van der Waals surface area contributed by atoms with Crippen LogP contribution in [0.1, 0.15) is 50.5 Å². The summed E-state index contributed by atoms with van der Waals surface area (Å²) in [5, 5.41) is 3.43. The molecule has 27 heavy (non-hydrogen) atoms. The molecule has 2 heterocycles. The van der Waals surface area contributed by atoms with Gasteiger partial charge < -0.3 is 20.7 Å². The standard InChI is InChI=1S/C20H31N5O2/c1-22-20(25-11-5-6-15(14-25)12-18(21)26)24-13-16-7-4-10-23-19(16)27-17-8-2-3-9-17/h4,7,10,15,17H,2-3,5-6,8-9,11-14H2,1H3,(H2,21,26)(H,22,24). The van der Waals surface area contributed by atoms with E-state index in [9.17, 15) is 4.79 Å². The zero-order valence-corrected chi connectivity index (χ0v) is 16.2. The summed E-state index contributed by atoms with van der Waals surface area (Å²) < 4.78 is 6.12. The number of nitrogens with zero attached hydrogens (tertiary/aromatic N) is 3. The summed E-state index contributed by atoms with van der Waals surface area (Å²) in [6.07, 6.45) is 9.28. The summed E-state index contributed by atoms with van der Waals surface area (Å²) in [5.41, 5.74) is 6.41. The van der Waals surface area contributed by atoms with E-state index < -0.39 is 0 Å². The molecule has 7 nitrogen and oxygen atoms in total. The van der Waals surface area contributed by atoms with E-state index in [1.165, 1.54) is 12.8 Å². The Labute approximate surface area is 161 Å². The lowest BCUT2D eigenvalue weighted by Crippen LogP contribution is -2.47. The molecule has 148 valence electrons. The number of primary amides is 1. The topological polar surface area (TPSA) is 92.8 Å². The Morgan fingerprint density at radius 2 is 2.19 bits per heavy atom. The van der Waals surface area contributed by atoms with Crippen LogP contribution in [0.15, 0.2) is 23.3 Å². The number of amides is 1. The first kappa shape index (κ1) is 19.5. The van der Waals surface area contributed by atoms with Gasteiger partial charge in [0.15, 0.2) is 5.96 Å². The summed E-state index contributed by atoms with van der Waals surface area (Å²) in [6, 6.07) is 3.98. The van der Waals surface area contributed by atoms with Crippen LogP contribution in [-0.4, -0.2) is 48.0 Å². The number of guanidine groups is 1. The molecule has 0 aromatic carbocycles. The predicted octanol–water partition coefficient (Wildman–Crippen LogP) is 2.07. The van der Waals surface area contributed by atoms with E-state index in [1.807, 2.05) is 12.1 Å². The van der Waals surface area contributed by atoms with Gasteiger partial charge in [0.1, 0.15) is 6.10 Å². The second-order valence-corrected chi connectivity index (χ2v) is 7.52. The SMILES string of the molecule is CN=C(NCc1cccnc1OC1CCCC1)N1CCCC(CC(N)=O)C1. The van der Waals surface area contributed by atoms with Crippen molar-refractivity contribution in [3.05, 3.63) is 23.9 Å².